The standard InChI is InChI=1S/C18H22FN3O3/c1-2-21-10-13(18(24)25)17(23)12-7-14(19)16(8-15(12)21)22-5-3-11(9-20)4-6-22/h7-8,10-11H,2-6,9,20H2,1H3,(H,24,25). The molecule has 1 aliphatic rings. The van der Waals surface area contributed by atoms with Gasteiger partial charge in [-0.3, -0.25) is 4.79 Å². The van der Waals surface area contributed by atoms with Crippen molar-refractivity contribution in [1.29, 1.82) is 0 Å². The molecule has 0 atom stereocenters. The first-order chi connectivity index (χ1) is 12.0. The first kappa shape index (κ1) is 17.4. The van der Waals surface area contributed by atoms with Crippen molar-refractivity contribution in [3.8, 4) is 0 Å². The number of hydrogen-bond donors (Lipinski definition) is 2. The largest absolute Gasteiger partial charge is 0.477 e. The minimum absolute atomic E-state index is 0.0971. The number of halogens is 1. The molecule has 0 unspecified atom stereocenters. The molecule has 1 aromatic heterocycles. The lowest BCUT2D eigenvalue weighted by Crippen LogP contribution is -2.36. The summed E-state index contributed by atoms with van der Waals surface area (Å²) in [6.45, 7) is 4.41. The molecular weight excluding hydrogens is 325 g/mol. The Bertz CT molecular complexity index is 870. The molecule has 0 radical (unpaired) electrons. The third-order valence-corrected chi connectivity index (χ3v) is 5.01. The van der Waals surface area contributed by atoms with E-state index in [1.54, 1.807) is 10.6 Å². The van der Waals surface area contributed by atoms with Crippen molar-refractivity contribution in [1.82, 2.24) is 4.57 Å². The molecule has 1 saturated heterocycles. The number of nitrogens with zero attached hydrogens (tertiary/aromatic N) is 2. The van der Waals surface area contributed by atoms with Gasteiger partial charge in [-0.15, -0.1) is 0 Å². The number of aromatic nitrogens is 1. The number of fused-ring (bicyclic) bond motifs is 1. The second-order valence-corrected chi connectivity index (χ2v) is 6.45. The maximum Gasteiger partial charge on any atom is 0.341 e. The second-order valence-electron chi connectivity index (χ2n) is 6.45. The number of pyridine rings is 1. The van der Waals surface area contributed by atoms with E-state index in [2.05, 4.69) is 0 Å². The highest BCUT2D eigenvalue weighted by molar-refractivity contribution is 5.93. The van der Waals surface area contributed by atoms with Crippen LogP contribution in [0.2, 0.25) is 0 Å². The van der Waals surface area contributed by atoms with Crippen LogP contribution in [0.15, 0.2) is 23.1 Å². The third kappa shape index (κ3) is 3.11. The number of hydrogen-bond acceptors (Lipinski definition) is 4. The van der Waals surface area contributed by atoms with E-state index in [9.17, 15) is 19.1 Å². The Morgan fingerprint density at radius 3 is 2.60 bits per heavy atom. The minimum atomic E-state index is -1.30. The Hall–Kier alpha value is -2.41. The normalized spacial score (nSPS) is 15.7. The molecule has 2 heterocycles. The highest BCUT2D eigenvalue weighted by Gasteiger charge is 2.22. The van der Waals surface area contributed by atoms with Crippen LogP contribution in [0.1, 0.15) is 30.1 Å². The Morgan fingerprint density at radius 1 is 1.36 bits per heavy atom. The van der Waals surface area contributed by atoms with Crippen LogP contribution in [0.4, 0.5) is 10.1 Å². The molecule has 0 spiro atoms. The van der Waals surface area contributed by atoms with Gasteiger partial charge in [-0.2, -0.15) is 0 Å². The molecule has 3 rings (SSSR count). The highest BCUT2D eigenvalue weighted by atomic mass is 19.1. The van der Waals surface area contributed by atoms with Gasteiger partial charge >= 0.3 is 5.97 Å². The highest BCUT2D eigenvalue weighted by Crippen LogP contribution is 2.28. The fraction of sp³-hybridized carbons (Fsp3) is 0.444. The van der Waals surface area contributed by atoms with Gasteiger partial charge in [0.2, 0.25) is 5.43 Å². The maximum absolute atomic E-state index is 14.7. The zero-order valence-corrected chi connectivity index (χ0v) is 14.2. The van der Waals surface area contributed by atoms with E-state index in [4.69, 9.17) is 5.73 Å². The van der Waals surface area contributed by atoms with Crippen LogP contribution < -0.4 is 16.1 Å². The maximum atomic E-state index is 14.7. The number of benzene rings is 1. The monoisotopic (exact) mass is 347 g/mol. The van der Waals surface area contributed by atoms with Crippen molar-refractivity contribution < 1.29 is 14.3 Å². The first-order valence-corrected chi connectivity index (χ1v) is 8.51. The molecule has 0 bridgehead atoms. The molecule has 3 N–H and O–H groups in total. The van der Waals surface area contributed by atoms with Crippen molar-refractivity contribution in [3.05, 3.63) is 39.9 Å². The average Bonchev–Trinajstić information content (AvgIpc) is 2.62. The summed E-state index contributed by atoms with van der Waals surface area (Å²) in [6.07, 6.45) is 3.15. The quantitative estimate of drug-likeness (QED) is 0.883. The van der Waals surface area contributed by atoms with Crippen LogP contribution in [0.25, 0.3) is 10.9 Å². The predicted octanol–water partition coefficient (Wildman–Crippen LogP) is 2.03. The van der Waals surface area contributed by atoms with Crippen LogP contribution in [0.5, 0.6) is 0 Å². The lowest BCUT2D eigenvalue weighted by Gasteiger charge is -2.33. The zero-order chi connectivity index (χ0) is 18.1. The Morgan fingerprint density at radius 2 is 2.04 bits per heavy atom. The van der Waals surface area contributed by atoms with Crippen LogP contribution in [0.3, 0.4) is 0 Å². The molecule has 0 aliphatic carbocycles. The fourth-order valence-electron chi connectivity index (χ4n) is 3.47. The van der Waals surface area contributed by atoms with Gasteiger partial charge in [-0.25, -0.2) is 9.18 Å². The zero-order valence-electron chi connectivity index (χ0n) is 14.2. The number of carboxylic acids is 1. The third-order valence-electron chi connectivity index (χ3n) is 5.01. The summed E-state index contributed by atoms with van der Waals surface area (Å²) in [5.41, 5.74) is 5.71. The topological polar surface area (TPSA) is 88.6 Å². The van der Waals surface area contributed by atoms with E-state index in [0.717, 1.165) is 12.8 Å². The second kappa shape index (κ2) is 6.84. The summed E-state index contributed by atoms with van der Waals surface area (Å²) in [5, 5.41) is 9.29. The number of carboxylic acid groups (broad SMARTS) is 1. The summed E-state index contributed by atoms with van der Waals surface area (Å²) < 4.78 is 16.3. The summed E-state index contributed by atoms with van der Waals surface area (Å²) in [7, 11) is 0. The summed E-state index contributed by atoms with van der Waals surface area (Å²) in [6, 6.07) is 2.82. The molecular formula is C18H22FN3O3. The van der Waals surface area contributed by atoms with Gasteiger partial charge in [-0.05, 0) is 44.4 Å². The molecule has 2 aromatic rings. The lowest BCUT2D eigenvalue weighted by atomic mass is 9.96. The Balaban J connectivity index is 2.11. The molecule has 7 heteroatoms. The van der Waals surface area contributed by atoms with Crippen molar-refractivity contribution in [3.63, 3.8) is 0 Å². The van der Waals surface area contributed by atoms with Crippen molar-refractivity contribution in [2.24, 2.45) is 11.7 Å². The Kier molecular flexibility index (Phi) is 4.76. The van der Waals surface area contributed by atoms with Crippen LogP contribution >= 0.6 is 0 Å². The van der Waals surface area contributed by atoms with E-state index in [1.165, 1.54) is 12.3 Å². The number of aryl methyl sites for hydroxylation is 1. The van der Waals surface area contributed by atoms with E-state index in [0.29, 0.717) is 43.3 Å². The number of anilines is 1. The number of piperidine rings is 1. The molecule has 134 valence electrons. The number of rotatable bonds is 4. The Labute approximate surface area is 144 Å². The SMILES string of the molecule is CCn1cc(C(=O)O)c(=O)c2cc(F)c(N3CCC(CN)CC3)cc21. The molecule has 0 amide bonds. The number of aromatic carboxylic acids is 1. The van der Waals surface area contributed by atoms with Crippen molar-refractivity contribution >= 4 is 22.6 Å². The molecule has 6 nitrogen and oxygen atoms in total. The first-order valence-electron chi connectivity index (χ1n) is 8.51. The predicted molar refractivity (Wildman–Crippen MR) is 94.8 cm³/mol. The molecule has 1 aliphatic heterocycles. The average molecular weight is 347 g/mol. The van der Waals surface area contributed by atoms with E-state index >= 15 is 0 Å². The molecule has 25 heavy (non-hydrogen) atoms. The number of carbonyl (C=O) groups is 1. The van der Waals surface area contributed by atoms with E-state index < -0.39 is 17.2 Å². The van der Waals surface area contributed by atoms with Crippen LogP contribution in [-0.2, 0) is 6.54 Å². The smallest absolute Gasteiger partial charge is 0.341 e. The summed E-state index contributed by atoms with van der Waals surface area (Å²) in [5.74, 6) is -1.34. The van der Waals surface area contributed by atoms with Crippen LogP contribution in [-0.4, -0.2) is 35.3 Å². The van der Waals surface area contributed by atoms with Gasteiger partial charge in [0.25, 0.3) is 0 Å². The minimum Gasteiger partial charge on any atom is -0.477 e. The molecule has 0 saturated carbocycles. The summed E-state index contributed by atoms with van der Waals surface area (Å²) in [4.78, 5) is 25.6. The van der Waals surface area contributed by atoms with E-state index in [1.807, 2.05) is 11.8 Å². The van der Waals surface area contributed by atoms with Gasteiger partial charge < -0.3 is 20.3 Å². The van der Waals surface area contributed by atoms with E-state index in [-0.39, 0.29) is 10.9 Å². The van der Waals surface area contributed by atoms with Crippen LogP contribution in [0, 0.1) is 11.7 Å². The fourth-order valence-corrected chi connectivity index (χ4v) is 3.47. The number of nitrogens with two attached hydrogens (primary N) is 1. The van der Waals surface area contributed by atoms with Gasteiger partial charge in [0.15, 0.2) is 0 Å². The van der Waals surface area contributed by atoms with Crippen molar-refractivity contribution in [2.75, 3.05) is 24.5 Å². The molecule has 1 aromatic carbocycles. The lowest BCUT2D eigenvalue weighted by molar-refractivity contribution is 0.0695. The molecule has 1 fully saturated rings. The van der Waals surface area contributed by atoms with Crippen molar-refractivity contribution in [2.45, 2.75) is 26.3 Å². The van der Waals surface area contributed by atoms with Gasteiger partial charge in [0, 0.05) is 31.2 Å². The van der Waals surface area contributed by atoms with Gasteiger partial charge in [0.1, 0.15) is 11.4 Å². The summed E-state index contributed by atoms with van der Waals surface area (Å²) >= 11 is 0. The van der Waals surface area contributed by atoms with Gasteiger partial charge in [-0.1, -0.05) is 0 Å². The van der Waals surface area contributed by atoms with Gasteiger partial charge in [0.05, 0.1) is 11.2 Å².